The van der Waals surface area contributed by atoms with Gasteiger partial charge in [0, 0.05) is 36.7 Å². The van der Waals surface area contributed by atoms with Crippen molar-refractivity contribution >= 4 is 0 Å². The molecule has 2 N–H and O–H groups in total. The van der Waals surface area contributed by atoms with Crippen molar-refractivity contribution in [3.05, 3.63) is 77.5 Å². The van der Waals surface area contributed by atoms with Gasteiger partial charge in [-0.3, -0.25) is 10.00 Å². The quantitative estimate of drug-likeness (QED) is 0.723. The zero-order valence-corrected chi connectivity index (χ0v) is 15.8. The summed E-state index contributed by atoms with van der Waals surface area (Å²) in [5, 5.41) is 17.5. The first-order chi connectivity index (χ1) is 13.2. The second kappa shape index (κ2) is 8.07. The molecule has 4 nitrogen and oxygen atoms in total. The molecule has 0 spiro atoms. The Kier molecular flexibility index (Phi) is 5.37. The molecule has 4 rings (SSSR count). The maximum Gasteiger partial charge on any atom is 0.0695 e. The predicted octanol–water partition coefficient (Wildman–Crippen LogP) is 3.98. The molecule has 0 amide bonds. The van der Waals surface area contributed by atoms with Crippen LogP contribution in [0.25, 0.3) is 11.3 Å². The monoisotopic (exact) mass is 361 g/mol. The molecule has 1 aliphatic heterocycles. The summed E-state index contributed by atoms with van der Waals surface area (Å²) in [5.74, 6) is 0.712. The van der Waals surface area contributed by atoms with Crippen molar-refractivity contribution < 1.29 is 5.11 Å². The summed E-state index contributed by atoms with van der Waals surface area (Å²) in [5.41, 5.74) is 6.09. The van der Waals surface area contributed by atoms with Crippen LogP contribution in [-0.2, 0) is 6.54 Å². The van der Waals surface area contributed by atoms with Crippen LogP contribution in [0, 0.1) is 12.8 Å². The first-order valence-corrected chi connectivity index (χ1v) is 9.72. The van der Waals surface area contributed by atoms with Gasteiger partial charge in [-0.2, -0.15) is 5.10 Å². The van der Waals surface area contributed by atoms with Crippen LogP contribution in [0.3, 0.4) is 0 Å². The van der Waals surface area contributed by atoms with E-state index in [1.807, 2.05) is 6.20 Å². The summed E-state index contributed by atoms with van der Waals surface area (Å²) in [7, 11) is 0. The van der Waals surface area contributed by atoms with Gasteiger partial charge in [0.1, 0.15) is 0 Å². The summed E-state index contributed by atoms with van der Waals surface area (Å²) in [6, 6.07) is 19.1. The number of aromatic nitrogens is 2. The van der Waals surface area contributed by atoms with E-state index in [9.17, 15) is 5.11 Å². The molecule has 1 aliphatic rings. The Bertz CT molecular complexity index is 874. The van der Waals surface area contributed by atoms with Gasteiger partial charge in [0.2, 0.25) is 0 Å². The number of hydrogen-bond acceptors (Lipinski definition) is 3. The van der Waals surface area contributed by atoms with Crippen LogP contribution in [0.1, 0.15) is 29.0 Å². The third kappa shape index (κ3) is 3.97. The fourth-order valence-corrected chi connectivity index (χ4v) is 4.30. The van der Waals surface area contributed by atoms with E-state index in [0.29, 0.717) is 5.92 Å². The molecule has 4 heteroatoms. The molecule has 0 radical (unpaired) electrons. The van der Waals surface area contributed by atoms with Gasteiger partial charge in [-0.25, -0.2) is 0 Å². The Morgan fingerprint density at radius 3 is 2.78 bits per heavy atom. The number of aliphatic hydroxyl groups excluding tert-OH is 1. The van der Waals surface area contributed by atoms with Crippen molar-refractivity contribution in [2.75, 3.05) is 19.7 Å². The molecular weight excluding hydrogens is 334 g/mol. The minimum Gasteiger partial charge on any atom is -0.396 e. The number of likely N-dealkylation sites (tertiary alicyclic amines) is 1. The lowest BCUT2D eigenvalue weighted by Gasteiger charge is -2.38. The smallest absolute Gasteiger partial charge is 0.0695 e. The second-order valence-electron chi connectivity index (χ2n) is 7.62. The highest BCUT2D eigenvalue weighted by atomic mass is 16.3. The standard InChI is InChI=1S/C23H27N3O/c1-17-6-5-9-19(12-17)23-20(13-24-25-23)14-26-11-10-22(21(15-26)16-27)18-7-3-2-4-8-18/h2-9,12-13,21-22,27H,10-11,14-16H2,1H3,(H,24,25)/t21-,22+/m1/s1. The highest BCUT2D eigenvalue weighted by molar-refractivity contribution is 5.63. The Morgan fingerprint density at radius 1 is 1.15 bits per heavy atom. The van der Waals surface area contributed by atoms with Crippen LogP contribution in [-0.4, -0.2) is 39.9 Å². The van der Waals surface area contributed by atoms with Crippen molar-refractivity contribution in [3.63, 3.8) is 0 Å². The van der Waals surface area contributed by atoms with Gasteiger partial charge in [-0.05, 0) is 37.4 Å². The maximum absolute atomic E-state index is 9.98. The van der Waals surface area contributed by atoms with E-state index in [-0.39, 0.29) is 12.5 Å². The number of piperidine rings is 1. The summed E-state index contributed by atoms with van der Waals surface area (Å²) in [4.78, 5) is 2.45. The lowest BCUT2D eigenvalue weighted by molar-refractivity contribution is 0.0973. The molecule has 0 bridgehead atoms. The van der Waals surface area contributed by atoms with Crippen molar-refractivity contribution in [2.45, 2.75) is 25.8 Å². The average Bonchev–Trinajstić information content (AvgIpc) is 3.16. The Balaban J connectivity index is 1.48. The molecule has 1 saturated heterocycles. The van der Waals surface area contributed by atoms with Crippen molar-refractivity contribution in [3.8, 4) is 11.3 Å². The number of aliphatic hydroxyl groups is 1. The molecule has 0 saturated carbocycles. The second-order valence-corrected chi connectivity index (χ2v) is 7.62. The van der Waals surface area contributed by atoms with Crippen molar-refractivity contribution in [1.29, 1.82) is 0 Å². The van der Waals surface area contributed by atoms with Gasteiger partial charge >= 0.3 is 0 Å². The van der Waals surface area contributed by atoms with Gasteiger partial charge in [0.15, 0.2) is 0 Å². The summed E-state index contributed by atoms with van der Waals surface area (Å²) in [6.45, 7) is 5.15. The Hall–Kier alpha value is -2.43. The highest BCUT2D eigenvalue weighted by Gasteiger charge is 2.30. The van der Waals surface area contributed by atoms with Gasteiger partial charge in [0.05, 0.1) is 11.9 Å². The van der Waals surface area contributed by atoms with Gasteiger partial charge in [-0.1, -0.05) is 54.1 Å². The lowest BCUT2D eigenvalue weighted by atomic mass is 9.81. The first-order valence-electron chi connectivity index (χ1n) is 9.72. The molecule has 1 aromatic heterocycles. The lowest BCUT2D eigenvalue weighted by Crippen LogP contribution is -2.40. The Labute approximate surface area is 160 Å². The molecule has 0 unspecified atom stereocenters. The molecule has 140 valence electrons. The molecular formula is C23H27N3O. The minimum atomic E-state index is 0.228. The van der Waals surface area contributed by atoms with E-state index in [1.54, 1.807) is 0 Å². The molecule has 1 fully saturated rings. The number of aromatic amines is 1. The predicted molar refractivity (Wildman–Crippen MR) is 108 cm³/mol. The Morgan fingerprint density at radius 2 is 2.00 bits per heavy atom. The summed E-state index contributed by atoms with van der Waals surface area (Å²) in [6.07, 6.45) is 3.02. The van der Waals surface area contributed by atoms with Crippen molar-refractivity contribution in [2.24, 2.45) is 5.92 Å². The fraction of sp³-hybridized carbons (Fsp3) is 0.348. The zero-order chi connectivity index (χ0) is 18.6. The number of aryl methyl sites for hydroxylation is 1. The number of benzene rings is 2. The number of rotatable bonds is 5. The molecule has 2 aromatic carbocycles. The number of nitrogens with one attached hydrogen (secondary N) is 1. The van der Waals surface area contributed by atoms with Crippen LogP contribution in [0.15, 0.2) is 60.8 Å². The number of nitrogens with zero attached hydrogens (tertiary/aromatic N) is 2. The zero-order valence-electron chi connectivity index (χ0n) is 15.8. The molecule has 2 atom stereocenters. The van der Waals surface area contributed by atoms with E-state index in [1.165, 1.54) is 22.3 Å². The fourth-order valence-electron chi connectivity index (χ4n) is 4.30. The molecule has 3 aromatic rings. The molecule has 27 heavy (non-hydrogen) atoms. The normalized spacial score (nSPS) is 20.7. The molecule has 0 aliphatic carbocycles. The maximum atomic E-state index is 9.98. The first kappa shape index (κ1) is 18.0. The SMILES string of the molecule is Cc1cccc(-c2[nH]ncc2CN2CC[C@@H](c3ccccc3)[C@@H](CO)C2)c1. The highest BCUT2D eigenvalue weighted by Crippen LogP contribution is 2.34. The van der Waals surface area contributed by atoms with Crippen LogP contribution < -0.4 is 0 Å². The average molecular weight is 361 g/mol. The van der Waals surface area contributed by atoms with Crippen LogP contribution in [0.5, 0.6) is 0 Å². The minimum absolute atomic E-state index is 0.228. The van der Waals surface area contributed by atoms with Gasteiger partial charge in [0.25, 0.3) is 0 Å². The van der Waals surface area contributed by atoms with E-state index in [0.717, 1.165) is 31.7 Å². The topological polar surface area (TPSA) is 52.2 Å². The number of hydrogen-bond donors (Lipinski definition) is 2. The van der Waals surface area contributed by atoms with Crippen LogP contribution >= 0.6 is 0 Å². The third-order valence-corrected chi connectivity index (χ3v) is 5.70. The van der Waals surface area contributed by atoms with Gasteiger partial charge in [-0.15, -0.1) is 0 Å². The van der Waals surface area contributed by atoms with Crippen molar-refractivity contribution in [1.82, 2.24) is 15.1 Å². The van der Waals surface area contributed by atoms with E-state index >= 15 is 0 Å². The van der Waals surface area contributed by atoms with E-state index in [4.69, 9.17) is 0 Å². The van der Waals surface area contributed by atoms with Crippen LogP contribution in [0.4, 0.5) is 0 Å². The van der Waals surface area contributed by atoms with E-state index in [2.05, 4.69) is 76.6 Å². The third-order valence-electron chi connectivity index (χ3n) is 5.70. The van der Waals surface area contributed by atoms with E-state index < -0.39 is 0 Å². The largest absolute Gasteiger partial charge is 0.396 e. The van der Waals surface area contributed by atoms with Gasteiger partial charge < -0.3 is 5.11 Å². The van der Waals surface area contributed by atoms with Crippen LogP contribution in [0.2, 0.25) is 0 Å². The summed E-state index contributed by atoms with van der Waals surface area (Å²) >= 11 is 0. The number of H-pyrrole nitrogens is 1. The summed E-state index contributed by atoms with van der Waals surface area (Å²) < 4.78 is 0. The molecule has 2 heterocycles.